The van der Waals surface area contributed by atoms with E-state index in [-0.39, 0.29) is 11.6 Å². The average molecular weight is 411 g/mol. The van der Waals surface area contributed by atoms with Gasteiger partial charge in [0.05, 0.1) is 28.2 Å². The molecule has 0 aliphatic carbocycles. The van der Waals surface area contributed by atoms with Crippen molar-refractivity contribution in [1.82, 2.24) is 4.90 Å². The van der Waals surface area contributed by atoms with Crippen molar-refractivity contribution >= 4 is 46.3 Å². The fourth-order valence-electron chi connectivity index (χ4n) is 2.62. The molecule has 29 heavy (non-hydrogen) atoms. The molecule has 9 heteroatoms. The third-order valence-corrected chi connectivity index (χ3v) is 5.30. The summed E-state index contributed by atoms with van der Waals surface area (Å²) < 4.78 is 4.66. The molecule has 1 aliphatic rings. The number of rotatable bonds is 4. The Bertz CT molecular complexity index is 1060. The van der Waals surface area contributed by atoms with Crippen molar-refractivity contribution < 1.29 is 19.2 Å². The molecule has 2 aromatic carbocycles. The van der Waals surface area contributed by atoms with Gasteiger partial charge in [-0.25, -0.2) is 9.79 Å². The molecule has 0 unspecified atom stereocenters. The number of amides is 1. The molecule has 0 aromatic heterocycles. The van der Waals surface area contributed by atoms with Crippen LogP contribution in [0.25, 0.3) is 6.08 Å². The van der Waals surface area contributed by atoms with Crippen LogP contribution in [0.1, 0.15) is 21.5 Å². The number of amidine groups is 1. The van der Waals surface area contributed by atoms with E-state index < -0.39 is 10.9 Å². The van der Waals surface area contributed by atoms with Gasteiger partial charge in [0.15, 0.2) is 5.17 Å². The molecule has 2 aromatic rings. The lowest BCUT2D eigenvalue weighted by molar-refractivity contribution is -0.385. The smallest absolute Gasteiger partial charge is 0.337 e. The first-order valence-corrected chi connectivity index (χ1v) is 9.31. The summed E-state index contributed by atoms with van der Waals surface area (Å²) in [6.07, 6.45) is 1.61. The first-order valence-electron chi connectivity index (χ1n) is 8.50. The molecule has 1 amide bonds. The fourth-order valence-corrected chi connectivity index (χ4v) is 3.60. The van der Waals surface area contributed by atoms with Crippen LogP contribution >= 0.6 is 11.8 Å². The standard InChI is InChI=1S/C20H17N3O5S/c1-12-4-5-13(10-16(12)23(26)27)11-17-18(24)22(2)20(29-17)21-15-8-6-14(7-9-15)19(25)28-3/h4-11H,1-3H3/b17-11-,21-20?. The molecule has 0 atom stereocenters. The van der Waals surface area contributed by atoms with Crippen molar-refractivity contribution in [2.75, 3.05) is 14.2 Å². The summed E-state index contributed by atoms with van der Waals surface area (Å²) in [7, 11) is 2.91. The highest BCUT2D eigenvalue weighted by Crippen LogP contribution is 2.33. The van der Waals surface area contributed by atoms with Crippen LogP contribution in [0.2, 0.25) is 0 Å². The molecular weight excluding hydrogens is 394 g/mol. The van der Waals surface area contributed by atoms with Crippen molar-refractivity contribution in [1.29, 1.82) is 0 Å². The number of aliphatic imine (C=N–C) groups is 1. The SMILES string of the molecule is COC(=O)c1ccc(N=C2S/C(=C\c3ccc(C)c([N+](=O)[O-])c3)C(=O)N2C)cc1. The lowest BCUT2D eigenvalue weighted by Crippen LogP contribution is -2.23. The lowest BCUT2D eigenvalue weighted by Gasteiger charge is -2.07. The Hall–Kier alpha value is -3.46. The Balaban J connectivity index is 1.87. The van der Waals surface area contributed by atoms with Gasteiger partial charge in [0.25, 0.3) is 11.6 Å². The van der Waals surface area contributed by atoms with Gasteiger partial charge in [0, 0.05) is 18.7 Å². The van der Waals surface area contributed by atoms with Crippen LogP contribution in [0.15, 0.2) is 52.4 Å². The minimum absolute atomic E-state index is 0.00253. The van der Waals surface area contributed by atoms with Crippen molar-refractivity contribution in [2.24, 2.45) is 4.99 Å². The summed E-state index contributed by atoms with van der Waals surface area (Å²) >= 11 is 1.18. The number of hydrogen-bond donors (Lipinski definition) is 0. The second-order valence-electron chi connectivity index (χ2n) is 6.21. The number of hydrogen-bond acceptors (Lipinski definition) is 7. The summed E-state index contributed by atoms with van der Waals surface area (Å²) in [6.45, 7) is 1.66. The zero-order valence-corrected chi connectivity index (χ0v) is 16.7. The maximum absolute atomic E-state index is 12.5. The molecule has 1 fully saturated rings. The van der Waals surface area contributed by atoms with E-state index in [1.165, 1.54) is 29.8 Å². The molecule has 1 heterocycles. The summed E-state index contributed by atoms with van der Waals surface area (Å²) in [4.78, 5) is 41.0. The average Bonchev–Trinajstić information content (AvgIpc) is 2.97. The zero-order chi connectivity index (χ0) is 21.1. The molecule has 1 aliphatic heterocycles. The summed E-state index contributed by atoms with van der Waals surface area (Å²) in [6, 6.07) is 11.3. The molecule has 148 valence electrons. The zero-order valence-electron chi connectivity index (χ0n) is 15.9. The minimum atomic E-state index is -0.446. The molecule has 0 bridgehead atoms. The Labute approximate surface area is 171 Å². The van der Waals surface area contributed by atoms with E-state index in [1.54, 1.807) is 56.4 Å². The number of nitro groups is 1. The number of esters is 1. The molecule has 0 saturated carbocycles. The number of carbonyl (C=O) groups excluding carboxylic acids is 2. The fraction of sp³-hybridized carbons (Fsp3) is 0.150. The van der Waals surface area contributed by atoms with Crippen LogP contribution in [-0.4, -0.2) is 41.0 Å². The van der Waals surface area contributed by atoms with Gasteiger partial charge in [-0.2, -0.15) is 0 Å². The number of aryl methyl sites for hydroxylation is 1. The maximum Gasteiger partial charge on any atom is 0.337 e. The van der Waals surface area contributed by atoms with Gasteiger partial charge in [-0.05, 0) is 54.6 Å². The van der Waals surface area contributed by atoms with E-state index in [0.29, 0.717) is 32.5 Å². The molecule has 0 N–H and O–H groups in total. The Morgan fingerprint density at radius 1 is 1.24 bits per heavy atom. The quantitative estimate of drug-likeness (QED) is 0.327. The maximum atomic E-state index is 12.5. The van der Waals surface area contributed by atoms with Gasteiger partial charge in [-0.3, -0.25) is 19.8 Å². The highest BCUT2D eigenvalue weighted by molar-refractivity contribution is 8.18. The number of ether oxygens (including phenoxy) is 1. The normalized spacial score (nSPS) is 16.5. The first-order chi connectivity index (χ1) is 13.8. The van der Waals surface area contributed by atoms with Gasteiger partial charge in [-0.15, -0.1) is 0 Å². The Morgan fingerprint density at radius 2 is 1.93 bits per heavy atom. The number of nitrogens with zero attached hydrogens (tertiary/aromatic N) is 3. The van der Waals surface area contributed by atoms with E-state index in [2.05, 4.69) is 9.73 Å². The van der Waals surface area contributed by atoms with Crippen molar-refractivity contribution in [3.05, 3.63) is 74.2 Å². The van der Waals surface area contributed by atoms with Gasteiger partial charge in [0.2, 0.25) is 0 Å². The van der Waals surface area contributed by atoms with Crippen LogP contribution in [-0.2, 0) is 9.53 Å². The second-order valence-corrected chi connectivity index (χ2v) is 7.22. The highest BCUT2D eigenvalue weighted by Gasteiger charge is 2.30. The van der Waals surface area contributed by atoms with E-state index in [1.807, 2.05) is 0 Å². The lowest BCUT2D eigenvalue weighted by atomic mass is 10.1. The predicted octanol–water partition coefficient (Wildman–Crippen LogP) is 3.92. The Morgan fingerprint density at radius 3 is 2.55 bits per heavy atom. The molecule has 1 saturated heterocycles. The molecule has 8 nitrogen and oxygen atoms in total. The third-order valence-electron chi connectivity index (χ3n) is 4.24. The van der Waals surface area contributed by atoms with Crippen molar-refractivity contribution in [2.45, 2.75) is 6.92 Å². The van der Waals surface area contributed by atoms with Gasteiger partial charge in [-0.1, -0.05) is 12.1 Å². The summed E-state index contributed by atoms with van der Waals surface area (Å²) in [5, 5.41) is 11.6. The van der Waals surface area contributed by atoms with Crippen molar-refractivity contribution in [3.8, 4) is 0 Å². The Kier molecular flexibility index (Phi) is 5.79. The summed E-state index contributed by atoms with van der Waals surface area (Å²) in [5.74, 6) is -0.688. The monoisotopic (exact) mass is 411 g/mol. The second kappa shape index (κ2) is 8.27. The van der Waals surface area contributed by atoms with Gasteiger partial charge < -0.3 is 4.74 Å². The summed E-state index contributed by atoms with van der Waals surface area (Å²) in [5.41, 5.74) is 2.10. The first kappa shape index (κ1) is 20.3. The molecule has 0 radical (unpaired) electrons. The van der Waals surface area contributed by atoms with Crippen LogP contribution in [0.5, 0.6) is 0 Å². The number of carbonyl (C=O) groups is 2. The van der Waals surface area contributed by atoms with Crippen LogP contribution in [0, 0.1) is 17.0 Å². The number of likely N-dealkylation sites (N-methyl/N-ethyl adjacent to an activating group) is 1. The highest BCUT2D eigenvalue weighted by atomic mass is 32.2. The van der Waals surface area contributed by atoms with E-state index in [9.17, 15) is 19.7 Å². The largest absolute Gasteiger partial charge is 0.465 e. The van der Waals surface area contributed by atoms with Crippen LogP contribution in [0.3, 0.4) is 0 Å². The van der Waals surface area contributed by atoms with E-state index in [4.69, 9.17) is 0 Å². The number of benzene rings is 2. The number of thioether (sulfide) groups is 1. The number of methoxy groups -OCH3 is 1. The number of nitro benzene ring substituents is 1. The van der Waals surface area contributed by atoms with Crippen molar-refractivity contribution in [3.63, 3.8) is 0 Å². The van der Waals surface area contributed by atoms with Crippen LogP contribution < -0.4 is 0 Å². The minimum Gasteiger partial charge on any atom is -0.465 e. The molecule has 3 rings (SSSR count). The van der Waals surface area contributed by atoms with E-state index in [0.717, 1.165) is 0 Å². The molecule has 0 spiro atoms. The third kappa shape index (κ3) is 4.35. The van der Waals surface area contributed by atoms with Gasteiger partial charge in [0.1, 0.15) is 0 Å². The topological polar surface area (TPSA) is 102 Å². The van der Waals surface area contributed by atoms with Crippen LogP contribution in [0.4, 0.5) is 11.4 Å². The van der Waals surface area contributed by atoms with Gasteiger partial charge >= 0.3 is 5.97 Å². The predicted molar refractivity (Wildman–Crippen MR) is 111 cm³/mol. The molecular formula is C20H17N3O5S. The van der Waals surface area contributed by atoms with E-state index >= 15 is 0 Å².